The second-order valence-electron chi connectivity index (χ2n) is 14.7. The molecule has 2 unspecified atom stereocenters. The van der Waals surface area contributed by atoms with Crippen LogP contribution in [0.3, 0.4) is 0 Å². The topological polar surface area (TPSA) is 130 Å². The Hall–Kier alpha value is -4.94. The van der Waals surface area contributed by atoms with Crippen molar-refractivity contribution in [2.75, 3.05) is 54.6 Å². The van der Waals surface area contributed by atoms with Crippen molar-refractivity contribution in [1.82, 2.24) is 9.80 Å². The maximum atomic E-state index is 14.2. The van der Waals surface area contributed by atoms with E-state index in [4.69, 9.17) is 36.6 Å². The Morgan fingerprint density at radius 3 is 1.31 bits per heavy atom. The Morgan fingerprint density at radius 2 is 0.981 bits per heavy atom. The van der Waals surface area contributed by atoms with Gasteiger partial charge in [0.2, 0.25) is 11.5 Å². The molecule has 0 N–H and O–H groups in total. The molecule has 2 atom stereocenters. The lowest BCUT2D eigenvalue weighted by molar-refractivity contribution is 0.0670. The molecule has 0 amide bonds. The number of methoxy groups -OCH3 is 4. The van der Waals surface area contributed by atoms with E-state index in [1.807, 2.05) is 0 Å². The first-order valence-electron chi connectivity index (χ1n) is 18.1. The van der Waals surface area contributed by atoms with Crippen LogP contribution in [0.15, 0.2) is 64.0 Å². The zero-order chi connectivity index (χ0) is 35.5. The highest BCUT2D eigenvalue weighted by molar-refractivity contribution is 6.07. The van der Waals surface area contributed by atoms with Crippen LogP contribution in [0.25, 0.3) is 43.9 Å². The summed E-state index contributed by atoms with van der Waals surface area (Å²) >= 11 is 0. The Labute approximate surface area is 297 Å². The molecule has 8 heterocycles. The third-order valence-corrected chi connectivity index (χ3v) is 13.0. The molecule has 4 aliphatic rings. The van der Waals surface area contributed by atoms with Gasteiger partial charge in [0.05, 0.1) is 62.8 Å². The van der Waals surface area contributed by atoms with Crippen molar-refractivity contribution in [3.8, 4) is 23.0 Å². The van der Waals surface area contributed by atoms with Crippen LogP contribution in [-0.4, -0.2) is 64.4 Å². The second kappa shape index (κ2) is 11.3. The summed E-state index contributed by atoms with van der Waals surface area (Å²) < 4.78 is 48.7. The lowest BCUT2D eigenvalue weighted by atomic mass is 9.73. The zero-order valence-corrected chi connectivity index (χ0v) is 29.7. The standard InChI is InChI=1S/C40H40N2O10/c1-45-31-23-9-17-49-33(23)37(47-3)35-29(31)25(43)19-27(51-35)39(21-5-13-41(39)14-6-21)11-12-40(22-7-15-42(40)16-8-22)28-20-26(44)30-32(46-2)24-10-18-50-34(24)38(48-4)36(30)52-28/h9-10,17-22H,5-8,11-16H2,1-4H3. The summed E-state index contributed by atoms with van der Waals surface area (Å²) in [5.74, 6) is 3.35. The summed E-state index contributed by atoms with van der Waals surface area (Å²) in [5.41, 5.74) is 0.114. The number of furan rings is 2. The monoisotopic (exact) mass is 708 g/mol. The van der Waals surface area contributed by atoms with Gasteiger partial charge in [-0.15, -0.1) is 0 Å². The second-order valence-corrected chi connectivity index (χ2v) is 14.7. The molecule has 4 fully saturated rings. The molecule has 4 saturated heterocycles. The van der Waals surface area contributed by atoms with Crippen LogP contribution >= 0.6 is 0 Å². The number of rotatable bonds is 9. The summed E-state index contributed by atoms with van der Waals surface area (Å²) in [4.78, 5) is 33.4. The first kappa shape index (κ1) is 31.8. The maximum absolute atomic E-state index is 14.2. The molecule has 4 aliphatic heterocycles. The predicted molar refractivity (Wildman–Crippen MR) is 192 cm³/mol. The van der Waals surface area contributed by atoms with E-state index in [0.717, 1.165) is 51.9 Å². The van der Waals surface area contributed by atoms with E-state index >= 15 is 0 Å². The SMILES string of the molecule is COc1c2occc2c(OC)c2c(=O)cc(C3(CCC4(c5cc(=O)c6c(OC)c7ccoc7c(OC)c6o5)C5CCN4CC5)C4CCN3CC4)oc12. The minimum atomic E-state index is -0.543. The van der Waals surface area contributed by atoms with Gasteiger partial charge in [0.15, 0.2) is 33.2 Å². The van der Waals surface area contributed by atoms with Gasteiger partial charge in [0.25, 0.3) is 0 Å². The average molecular weight is 709 g/mol. The van der Waals surface area contributed by atoms with E-state index in [0.29, 0.717) is 91.2 Å². The van der Waals surface area contributed by atoms with Crippen molar-refractivity contribution in [3.05, 3.63) is 68.8 Å². The lowest BCUT2D eigenvalue weighted by Gasteiger charge is -2.41. The number of ether oxygens (including phenoxy) is 4. The first-order valence-corrected chi connectivity index (χ1v) is 18.1. The third-order valence-electron chi connectivity index (χ3n) is 13.0. The minimum absolute atomic E-state index is 0.188. The number of piperidine rings is 2. The van der Waals surface area contributed by atoms with Gasteiger partial charge in [-0.3, -0.25) is 19.4 Å². The predicted octanol–water partition coefficient (Wildman–Crippen LogP) is 6.75. The molecular formula is C40H40N2O10. The minimum Gasteiger partial charge on any atom is -0.495 e. The summed E-state index contributed by atoms with van der Waals surface area (Å²) in [6, 6.07) is 6.88. The summed E-state index contributed by atoms with van der Waals surface area (Å²) in [7, 11) is 6.21. The Bertz CT molecular complexity index is 2330. The normalized spacial score (nSPS) is 27.8. The average Bonchev–Trinajstić information content (AvgIpc) is 4.03. The van der Waals surface area contributed by atoms with Crippen molar-refractivity contribution in [1.29, 1.82) is 0 Å². The van der Waals surface area contributed by atoms with E-state index in [-0.39, 0.29) is 22.7 Å². The van der Waals surface area contributed by atoms with Gasteiger partial charge in [-0.25, -0.2) is 0 Å². The van der Waals surface area contributed by atoms with Crippen LogP contribution in [0.2, 0.25) is 0 Å². The Balaban J connectivity index is 1.15. The lowest BCUT2D eigenvalue weighted by Crippen LogP contribution is -2.45. The van der Waals surface area contributed by atoms with E-state index in [2.05, 4.69) is 9.80 Å². The molecule has 2 aromatic carbocycles. The summed E-state index contributed by atoms with van der Waals surface area (Å²) in [5, 5.41) is 1.96. The molecule has 12 nitrogen and oxygen atoms in total. The highest BCUT2D eigenvalue weighted by Gasteiger charge is 2.61. The van der Waals surface area contributed by atoms with E-state index in [1.165, 1.54) is 0 Å². The summed E-state index contributed by atoms with van der Waals surface area (Å²) in [6.07, 6.45) is 8.51. The van der Waals surface area contributed by atoms with Crippen LogP contribution < -0.4 is 29.8 Å². The molecule has 0 spiro atoms. The zero-order valence-electron chi connectivity index (χ0n) is 29.7. The summed E-state index contributed by atoms with van der Waals surface area (Å²) in [6.45, 7) is 3.63. The van der Waals surface area contributed by atoms with Gasteiger partial charge in [-0.05, 0) is 88.7 Å². The molecule has 12 heteroatoms. The van der Waals surface area contributed by atoms with E-state index in [9.17, 15) is 9.59 Å². The molecular weight excluding hydrogens is 668 g/mol. The van der Waals surface area contributed by atoms with Crippen molar-refractivity contribution >= 4 is 43.9 Å². The van der Waals surface area contributed by atoms with Crippen LogP contribution in [-0.2, 0) is 11.1 Å². The van der Waals surface area contributed by atoms with Crippen molar-refractivity contribution in [2.45, 2.75) is 49.6 Å². The fourth-order valence-corrected chi connectivity index (χ4v) is 10.9. The first-order chi connectivity index (χ1) is 25.4. The van der Waals surface area contributed by atoms with Gasteiger partial charge >= 0.3 is 0 Å². The number of hydrogen-bond acceptors (Lipinski definition) is 12. The molecule has 0 aliphatic carbocycles. The smallest absolute Gasteiger partial charge is 0.206 e. The van der Waals surface area contributed by atoms with Gasteiger partial charge in [0, 0.05) is 12.1 Å². The number of hydrogen-bond donors (Lipinski definition) is 0. The number of benzene rings is 2. The Morgan fingerprint density at radius 1 is 0.596 bits per heavy atom. The molecule has 52 heavy (non-hydrogen) atoms. The van der Waals surface area contributed by atoms with Crippen LogP contribution in [0, 0.1) is 11.8 Å². The van der Waals surface area contributed by atoms with E-state index < -0.39 is 11.1 Å². The van der Waals surface area contributed by atoms with Gasteiger partial charge in [-0.2, -0.15) is 0 Å². The van der Waals surface area contributed by atoms with Crippen LogP contribution in [0.1, 0.15) is 50.0 Å². The van der Waals surface area contributed by atoms with Gasteiger partial charge < -0.3 is 36.6 Å². The fraction of sp³-hybridized carbons (Fsp3) is 0.450. The van der Waals surface area contributed by atoms with Crippen molar-refractivity contribution < 1.29 is 36.6 Å². The molecule has 0 radical (unpaired) electrons. The van der Waals surface area contributed by atoms with Crippen molar-refractivity contribution in [2.24, 2.45) is 11.8 Å². The van der Waals surface area contributed by atoms with Gasteiger partial charge in [0.1, 0.15) is 33.8 Å². The van der Waals surface area contributed by atoms with E-state index in [1.54, 1.807) is 65.2 Å². The molecule has 4 bridgehead atoms. The molecule has 4 aromatic heterocycles. The quantitative estimate of drug-likeness (QED) is 0.158. The number of nitrogens with zero attached hydrogens (tertiary/aromatic N) is 2. The highest BCUT2D eigenvalue weighted by atomic mass is 16.5. The largest absolute Gasteiger partial charge is 0.495 e. The molecule has 10 rings (SSSR count). The maximum Gasteiger partial charge on any atom is 0.206 e. The Kier molecular flexibility index (Phi) is 6.89. The molecule has 270 valence electrons. The highest BCUT2D eigenvalue weighted by Crippen LogP contribution is 2.59. The number of fused-ring (bicyclic) bond motifs is 8. The van der Waals surface area contributed by atoms with Gasteiger partial charge in [-0.1, -0.05) is 0 Å². The van der Waals surface area contributed by atoms with Crippen molar-refractivity contribution in [3.63, 3.8) is 0 Å². The third kappa shape index (κ3) is 3.88. The van der Waals surface area contributed by atoms with Crippen LogP contribution in [0.5, 0.6) is 23.0 Å². The fourth-order valence-electron chi connectivity index (χ4n) is 10.9. The van der Waals surface area contributed by atoms with Crippen LogP contribution in [0.4, 0.5) is 0 Å². The molecule has 6 aromatic rings. The molecule has 0 saturated carbocycles.